The molecule has 15 heavy (non-hydrogen) atoms. The van der Waals surface area contributed by atoms with Crippen molar-refractivity contribution in [3.63, 3.8) is 0 Å². The third kappa shape index (κ3) is 4.93. The molecule has 0 fully saturated rings. The van der Waals surface area contributed by atoms with Crippen LogP contribution in [0.3, 0.4) is 0 Å². The summed E-state index contributed by atoms with van der Waals surface area (Å²) in [6, 6.07) is 0. The zero-order valence-corrected chi connectivity index (χ0v) is 12.3. The molecule has 0 amide bonds. The second-order valence-corrected chi connectivity index (χ2v) is 11.4. The van der Waals surface area contributed by atoms with Crippen LogP contribution in [0.4, 0.5) is 0 Å². The Hall–Kier alpha value is -0.153. The summed E-state index contributed by atoms with van der Waals surface area (Å²) in [7, 11) is -1.66. The smallest absolute Gasteiger partial charge is 0.192 e. The van der Waals surface area contributed by atoms with E-state index in [0.29, 0.717) is 13.0 Å². The predicted molar refractivity (Wildman–Crippen MR) is 67.6 cm³/mol. The minimum atomic E-state index is -1.66. The molecule has 3 heteroatoms. The van der Waals surface area contributed by atoms with Gasteiger partial charge in [-0.05, 0) is 23.5 Å². The lowest BCUT2D eigenvalue weighted by molar-refractivity contribution is -0.109. The second-order valence-electron chi connectivity index (χ2n) is 6.58. The fraction of sp³-hybridized carbons (Fsp3) is 0.917. The molecule has 0 bridgehead atoms. The average molecular weight is 230 g/mol. The predicted octanol–water partition coefficient (Wildman–Crippen LogP) is 3.62. The van der Waals surface area contributed by atoms with Crippen molar-refractivity contribution < 1.29 is 9.22 Å². The summed E-state index contributed by atoms with van der Waals surface area (Å²) in [4.78, 5) is 10.5. The molecule has 0 spiro atoms. The highest BCUT2D eigenvalue weighted by Gasteiger charge is 2.38. The van der Waals surface area contributed by atoms with E-state index in [9.17, 15) is 4.79 Å². The largest absolute Gasteiger partial charge is 0.416 e. The summed E-state index contributed by atoms with van der Waals surface area (Å²) in [6.07, 6.45) is 1.55. The van der Waals surface area contributed by atoms with E-state index in [1.54, 1.807) is 0 Å². The Labute approximate surface area is 95.5 Å². The Morgan fingerprint density at radius 1 is 1.13 bits per heavy atom. The van der Waals surface area contributed by atoms with Crippen LogP contribution in [0.1, 0.15) is 41.0 Å². The van der Waals surface area contributed by atoms with E-state index >= 15 is 0 Å². The summed E-state index contributed by atoms with van der Waals surface area (Å²) in [5.74, 6) is 0. The van der Waals surface area contributed by atoms with E-state index in [4.69, 9.17) is 4.43 Å². The van der Waals surface area contributed by atoms with Crippen molar-refractivity contribution in [2.45, 2.75) is 59.2 Å². The topological polar surface area (TPSA) is 26.3 Å². The standard InChI is InChI=1S/C12H26O2Si/c1-11(2,3)15(6,7)14-10-12(4,5)8-9-13/h9H,8,10H2,1-7H3. The molecule has 0 N–H and O–H groups in total. The summed E-state index contributed by atoms with van der Waals surface area (Å²) < 4.78 is 6.09. The molecule has 0 unspecified atom stereocenters. The highest BCUT2D eigenvalue weighted by molar-refractivity contribution is 6.74. The van der Waals surface area contributed by atoms with Crippen molar-refractivity contribution in [2.75, 3.05) is 6.61 Å². The molecule has 0 aromatic carbocycles. The third-order valence-corrected chi connectivity index (χ3v) is 7.74. The zero-order chi connectivity index (χ0) is 12.3. The lowest BCUT2D eigenvalue weighted by Crippen LogP contribution is -2.43. The van der Waals surface area contributed by atoms with Crippen LogP contribution >= 0.6 is 0 Å². The first-order valence-corrected chi connectivity index (χ1v) is 8.50. The van der Waals surface area contributed by atoms with Gasteiger partial charge in [0.1, 0.15) is 6.29 Å². The monoisotopic (exact) mass is 230 g/mol. The van der Waals surface area contributed by atoms with Gasteiger partial charge in [-0.25, -0.2) is 0 Å². The van der Waals surface area contributed by atoms with Crippen molar-refractivity contribution in [3.05, 3.63) is 0 Å². The second kappa shape index (κ2) is 4.79. The number of hydrogen-bond acceptors (Lipinski definition) is 2. The zero-order valence-electron chi connectivity index (χ0n) is 11.3. The summed E-state index contributed by atoms with van der Waals surface area (Å²) in [5, 5.41) is 0.240. The number of aldehydes is 1. The van der Waals surface area contributed by atoms with Crippen LogP contribution in [-0.2, 0) is 9.22 Å². The van der Waals surface area contributed by atoms with Crippen LogP contribution in [0, 0.1) is 5.41 Å². The minimum Gasteiger partial charge on any atom is -0.416 e. The number of carbonyl (C=O) groups excluding carboxylic acids is 1. The molecule has 0 aromatic heterocycles. The van der Waals surface area contributed by atoms with E-state index < -0.39 is 8.32 Å². The molecule has 90 valence electrons. The van der Waals surface area contributed by atoms with Crippen LogP contribution in [0.15, 0.2) is 0 Å². The molecule has 0 radical (unpaired) electrons. The molecule has 0 aliphatic heterocycles. The molecular formula is C12H26O2Si. The van der Waals surface area contributed by atoms with E-state index in [-0.39, 0.29) is 10.5 Å². The van der Waals surface area contributed by atoms with Crippen molar-refractivity contribution in [1.82, 2.24) is 0 Å². The first-order chi connectivity index (χ1) is 6.52. The Kier molecular flexibility index (Phi) is 4.74. The Morgan fingerprint density at radius 2 is 1.60 bits per heavy atom. The molecule has 0 heterocycles. The van der Waals surface area contributed by atoms with E-state index in [1.165, 1.54) is 0 Å². The highest BCUT2D eigenvalue weighted by Crippen LogP contribution is 2.37. The molecule has 0 atom stereocenters. The Balaban J connectivity index is 4.32. The lowest BCUT2D eigenvalue weighted by atomic mass is 9.92. The van der Waals surface area contributed by atoms with Gasteiger partial charge >= 0.3 is 0 Å². The van der Waals surface area contributed by atoms with Crippen molar-refractivity contribution in [2.24, 2.45) is 5.41 Å². The molecule has 0 saturated carbocycles. The van der Waals surface area contributed by atoms with Crippen molar-refractivity contribution in [3.8, 4) is 0 Å². The quantitative estimate of drug-likeness (QED) is 0.532. The maximum Gasteiger partial charge on any atom is 0.192 e. The van der Waals surface area contributed by atoms with Crippen LogP contribution in [0.25, 0.3) is 0 Å². The number of rotatable bonds is 5. The van der Waals surface area contributed by atoms with Crippen LogP contribution in [0.5, 0.6) is 0 Å². The van der Waals surface area contributed by atoms with E-state index in [1.807, 2.05) is 0 Å². The average Bonchev–Trinajstić information content (AvgIpc) is 1.99. The van der Waals surface area contributed by atoms with Gasteiger partial charge in [-0.15, -0.1) is 0 Å². The maximum absolute atomic E-state index is 10.5. The van der Waals surface area contributed by atoms with Gasteiger partial charge in [0.05, 0.1) is 0 Å². The first-order valence-electron chi connectivity index (χ1n) is 5.59. The summed E-state index contributed by atoms with van der Waals surface area (Å²) in [6.45, 7) is 16.0. The fourth-order valence-electron chi connectivity index (χ4n) is 0.877. The Bertz CT molecular complexity index is 214. The SMILES string of the molecule is CC(C)(CC=O)CO[Si](C)(C)C(C)(C)C. The first kappa shape index (κ1) is 14.8. The normalized spacial score (nSPS) is 14.1. The highest BCUT2D eigenvalue weighted by atomic mass is 28.4. The van der Waals surface area contributed by atoms with Gasteiger partial charge in [0.25, 0.3) is 0 Å². The third-order valence-electron chi connectivity index (χ3n) is 3.27. The molecule has 0 aliphatic rings. The van der Waals surface area contributed by atoms with Gasteiger partial charge in [0.15, 0.2) is 8.32 Å². The lowest BCUT2D eigenvalue weighted by Gasteiger charge is -2.38. The van der Waals surface area contributed by atoms with Crippen LogP contribution in [0.2, 0.25) is 18.1 Å². The van der Waals surface area contributed by atoms with E-state index in [2.05, 4.69) is 47.7 Å². The van der Waals surface area contributed by atoms with Crippen molar-refractivity contribution in [1.29, 1.82) is 0 Å². The summed E-state index contributed by atoms with van der Waals surface area (Å²) in [5.41, 5.74) is -0.0305. The van der Waals surface area contributed by atoms with Gasteiger partial charge in [0.2, 0.25) is 0 Å². The van der Waals surface area contributed by atoms with Gasteiger partial charge in [-0.3, -0.25) is 0 Å². The van der Waals surface area contributed by atoms with Gasteiger partial charge in [-0.1, -0.05) is 34.6 Å². The maximum atomic E-state index is 10.5. The van der Waals surface area contributed by atoms with Crippen LogP contribution in [-0.4, -0.2) is 21.2 Å². The summed E-state index contributed by atoms with van der Waals surface area (Å²) >= 11 is 0. The number of hydrogen-bond donors (Lipinski definition) is 0. The van der Waals surface area contributed by atoms with Gasteiger partial charge in [-0.2, -0.15) is 0 Å². The fourth-order valence-corrected chi connectivity index (χ4v) is 2.06. The molecular weight excluding hydrogens is 204 g/mol. The molecule has 2 nitrogen and oxygen atoms in total. The molecule has 0 saturated heterocycles. The molecule has 0 aliphatic carbocycles. The van der Waals surface area contributed by atoms with E-state index in [0.717, 1.165) is 6.29 Å². The van der Waals surface area contributed by atoms with Crippen molar-refractivity contribution >= 4 is 14.6 Å². The van der Waals surface area contributed by atoms with Gasteiger partial charge < -0.3 is 9.22 Å². The minimum absolute atomic E-state index is 0.0305. The molecule has 0 rings (SSSR count). The van der Waals surface area contributed by atoms with Crippen LogP contribution < -0.4 is 0 Å². The number of carbonyl (C=O) groups is 1. The Morgan fingerprint density at radius 3 is 1.93 bits per heavy atom. The van der Waals surface area contributed by atoms with Gasteiger partial charge in [0, 0.05) is 13.0 Å². The molecule has 0 aromatic rings.